The Morgan fingerprint density at radius 2 is 1.82 bits per heavy atom. The van der Waals surface area contributed by atoms with Crippen molar-refractivity contribution < 1.29 is 24.2 Å². The Hall–Kier alpha value is -1.59. The normalized spacial score (nSPS) is 26.8. The van der Waals surface area contributed by atoms with Crippen molar-refractivity contribution in [3.63, 3.8) is 0 Å². The number of carbonyl (C=O) groups excluding carboxylic acids is 2. The van der Waals surface area contributed by atoms with Crippen LogP contribution in [0.15, 0.2) is 0 Å². The molecule has 1 aliphatic carbocycles. The Kier molecular flexibility index (Phi) is 3.45. The summed E-state index contributed by atoms with van der Waals surface area (Å²) in [4.78, 5) is 33.8. The van der Waals surface area contributed by atoms with Crippen molar-refractivity contribution in [2.24, 2.45) is 17.3 Å². The van der Waals surface area contributed by atoms with Gasteiger partial charge < -0.3 is 15.2 Å². The Bertz CT molecular complexity index is 363. The number of aliphatic carboxylic acids is 1. The number of rotatable bonds is 4. The Labute approximate surface area is 99.3 Å². The molecule has 0 aromatic rings. The Morgan fingerprint density at radius 3 is 2.18 bits per heavy atom. The average molecular weight is 243 g/mol. The number of ether oxygens (including phenoxy) is 1. The molecule has 96 valence electrons. The number of carboxylic acids is 1. The van der Waals surface area contributed by atoms with Gasteiger partial charge in [-0.2, -0.15) is 0 Å². The molecule has 0 aromatic carbocycles. The third-order valence-electron chi connectivity index (χ3n) is 3.29. The van der Waals surface area contributed by atoms with Gasteiger partial charge in [-0.3, -0.25) is 9.59 Å². The molecule has 2 N–H and O–H groups in total. The van der Waals surface area contributed by atoms with Crippen LogP contribution in [-0.2, 0) is 19.1 Å². The second-order valence-corrected chi connectivity index (χ2v) is 4.87. The van der Waals surface area contributed by atoms with Crippen LogP contribution < -0.4 is 5.32 Å². The van der Waals surface area contributed by atoms with Crippen LogP contribution in [0.2, 0.25) is 0 Å². The lowest BCUT2D eigenvalue weighted by Crippen LogP contribution is -2.40. The van der Waals surface area contributed by atoms with Crippen molar-refractivity contribution in [1.82, 2.24) is 5.32 Å². The lowest BCUT2D eigenvalue weighted by Gasteiger charge is -2.11. The summed E-state index contributed by atoms with van der Waals surface area (Å²) in [7, 11) is 1.23. The number of carboxylic acid groups (broad SMARTS) is 1. The maximum absolute atomic E-state index is 11.8. The van der Waals surface area contributed by atoms with Crippen LogP contribution in [0, 0.1) is 17.3 Å². The smallest absolute Gasteiger partial charge is 0.328 e. The standard InChI is InChI=1S/C11H17NO5/c1-5(10(16)17-4)12-8(13)6-7(9(14)15)11(6,2)3/h5-7H,1-4H3,(H,12,13)(H,14,15)/t5?,6-,7+/m1/s1. The van der Waals surface area contributed by atoms with E-state index >= 15 is 0 Å². The van der Waals surface area contributed by atoms with Crippen molar-refractivity contribution in [2.75, 3.05) is 7.11 Å². The first kappa shape index (κ1) is 13.5. The minimum Gasteiger partial charge on any atom is -0.481 e. The first-order valence-electron chi connectivity index (χ1n) is 5.34. The third kappa shape index (κ3) is 2.40. The molecule has 0 spiro atoms. The van der Waals surface area contributed by atoms with Gasteiger partial charge in [-0.15, -0.1) is 0 Å². The molecular formula is C11H17NO5. The minimum absolute atomic E-state index is 0.416. The highest BCUT2D eigenvalue weighted by atomic mass is 16.5. The van der Waals surface area contributed by atoms with E-state index < -0.39 is 41.1 Å². The van der Waals surface area contributed by atoms with E-state index in [1.54, 1.807) is 13.8 Å². The zero-order valence-electron chi connectivity index (χ0n) is 10.3. The number of methoxy groups -OCH3 is 1. The van der Waals surface area contributed by atoms with E-state index in [0.717, 1.165) is 0 Å². The number of carbonyl (C=O) groups is 3. The maximum Gasteiger partial charge on any atom is 0.328 e. The van der Waals surface area contributed by atoms with Crippen LogP contribution in [0.5, 0.6) is 0 Å². The van der Waals surface area contributed by atoms with Gasteiger partial charge in [-0.1, -0.05) is 13.8 Å². The predicted molar refractivity (Wildman–Crippen MR) is 58.0 cm³/mol. The van der Waals surface area contributed by atoms with Gasteiger partial charge in [0.15, 0.2) is 0 Å². The molecular weight excluding hydrogens is 226 g/mol. The molecule has 0 saturated heterocycles. The predicted octanol–water partition coefficient (Wildman–Crippen LogP) is 0.0209. The van der Waals surface area contributed by atoms with Gasteiger partial charge in [0.05, 0.1) is 18.9 Å². The summed E-state index contributed by atoms with van der Waals surface area (Å²) in [5.74, 6) is -3.23. The minimum atomic E-state index is -0.985. The summed E-state index contributed by atoms with van der Waals surface area (Å²) < 4.78 is 4.47. The van der Waals surface area contributed by atoms with Crippen LogP contribution in [0.25, 0.3) is 0 Å². The van der Waals surface area contributed by atoms with E-state index in [1.165, 1.54) is 14.0 Å². The summed E-state index contributed by atoms with van der Waals surface area (Å²) in [5, 5.41) is 11.4. The number of nitrogens with one attached hydrogen (secondary N) is 1. The Balaban J connectivity index is 2.62. The van der Waals surface area contributed by atoms with Crippen LogP contribution in [-0.4, -0.2) is 36.1 Å². The van der Waals surface area contributed by atoms with Crippen molar-refractivity contribution in [3.05, 3.63) is 0 Å². The molecule has 1 saturated carbocycles. The largest absolute Gasteiger partial charge is 0.481 e. The fraction of sp³-hybridized carbons (Fsp3) is 0.727. The van der Waals surface area contributed by atoms with E-state index in [9.17, 15) is 14.4 Å². The molecule has 1 amide bonds. The molecule has 6 heteroatoms. The maximum atomic E-state index is 11.8. The molecule has 17 heavy (non-hydrogen) atoms. The third-order valence-corrected chi connectivity index (χ3v) is 3.29. The number of hydrogen-bond donors (Lipinski definition) is 2. The van der Waals surface area contributed by atoms with Gasteiger partial charge >= 0.3 is 11.9 Å². The fourth-order valence-corrected chi connectivity index (χ4v) is 2.13. The molecule has 0 heterocycles. The van der Waals surface area contributed by atoms with Crippen molar-refractivity contribution in [2.45, 2.75) is 26.8 Å². The molecule has 0 radical (unpaired) electrons. The summed E-state index contributed by atoms with van der Waals surface area (Å²) in [6.07, 6.45) is 0. The molecule has 1 aliphatic rings. The molecule has 0 aliphatic heterocycles. The second kappa shape index (κ2) is 4.35. The second-order valence-electron chi connectivity index (χ2n) is 4.87. The highest BCUT2D eigenvalue weighted by Gasteiger charge is 2.66. The van der Waals surface area contributed by atoms with E-state index in [0.29, 0.717) is 0 Å². The first-order valence-corrected chi connectivity index (χ1v) is 5.34. The molecule has 1 rings (SSSR count). The van der Waals surface area contributed by atoms with Crippen LogP contribution in [0.4, 0.5) is 0 Å². The van der Waals surface area contributed by atoms with Crippen molar-refractivity contribution >= 4 is 17.8 Å². The van der Waals surface area contributed by atoms with E-state index in [-0.39, 0.29) is 0 Å². The van der Waals surface area contributed by atoms with E-state index in [2.05, 4.69) is 10.1 Å². The highest BCUT2D eigenvalue weighted by molar-refractivity contribution is 5.93. The molecule has 6 nitrogen and oxygen atoms in total. The summed E-state index contributed by atoms with van der Waals surface area (Å²) in [6, 6.07) is -0.765. The quantitative estimate of drug-likeness (QED) is 0.679. The first-order chi connectivity index (χ1) is 7.73. The summed E-state index contributed by atoms with van der Waals surface area (Å²) in [5.41, 5.74) is -0.564. The lowest BCUT2D eigenvalue weighted by molar-refractivity contribution is -0.144. The van der Waals surface area contributed by atoms with Crippen molar-refractivity contribution in [3.8, 4) is 0 Å². The molecule has 1 unspecified atom stereocenters. The highest BCUT2D eigenvalue weighted by Crippen LogP contribution is 2.58. The van der Waals surface area contributed by atoms with Gasteiger partial charge in [0.1, 0.15) is 6.04 Å². The summed E-state index contributed by atoms with van der Waals surface area (Å²) in [6.45, 7) is 4.94. The Morgan fingerprint density at radius 1 is 1.29 bits per heavy atom. The van der Waals surface area contributed by atoms with E-state index in [4.69, 9.17) is 5.11 Å². The lowest BCUT2D eigenvalue weighted by atomic mass is 10.1. The van der Waals surface area contributed by atoms with Gasteiger partial charge in [0, 0.05) is 0 Å². The summed E-state index contributed by atoms with van der Waals surface area (Å²) >= 11 is 0. The van der Waals surface area contributed by atoms with Crippen LogP contribution in [0.1, 0.15) is 20.8 Å². The number of hydrogen-bond acceptors (Lipinski definition) is 4. The van der Waals surface area contributed by atoms with Crippen LogP contribution >= 0.6 is 0 Å². The van der Waals surface area contributed by atoms with Gasteiger partial charge in [0.25, 0.3) is 0 Å². The number of amides is 1. The molecule has 0 bridgehead atoms. The topological polar surface area (TPSA) is 92.7 Å². The van der Waals surface area contributed by atoms with Crippen molar-refractivity contribution in [1.29, 1.82) is 0 Å². The number of esters is 1. The SMILES string of the molecule is COC(=O)C(C)NC(=O)[C@H]1[C@@H](C(=O)O)C1(C)C. The molecule has 0 aromatic heterocycles. The molecule has 3 atom stereocenters. The van der Waals surface area contributed by atoms with Gasteiger partial charge in [-0.05, 0) is 12.3 Å². The zero-order chi connectivity index (χ0) is 13.4. The average Bonchev–Trinajstić information content (AvgIpc) is 2.80. The van der Waals surface area contributed by atoms with E-state index in [1.807, 2.05) is 0 Å². The zero-order valence-corrected chi connectivity index (χ0v) is 10.3. The van der Waals surface area contributed by atoms with Gasteiger partial charge in [-0.25, -0.2) is 4.79 Å². The molecule has 1 fully saturated rings. The van der Waals surface area contributed by atoms with Gasteiger partial charge in [0.2, 0.25) is 5.91 Å². The monoisotopic (exact) mass is 243 g/mol. The van der Waals surface area contributed by atoms with Crippen LogP contribution in [0.3, 0.4) is 0 Å². The fourth-order valence-electron chi connectivity index (χ4n) is 2.13.